The van der Waals surface area contributed by atoms with Crippen LogP contribution in [-0.2, 0) is 5.11 Å². The van der Waals surface area contributed by atoms with E-state index in [1.807, 2.05) is 0 Å². The number of aliphatic hydroxyl groups is 1. The van der Waals surface area contributed by atoms with E-state index in [0.29, 0.717) is 12.5 Å². The van der Waals surface area contributed by atoms with E-state index in [4.69, 9.17) is 10.2 Å². The first kappa shape index (κ1) is 3.34. The molecule has 0 saturated carbocycles. The van der Waals surface area contributed by atoms with Crippen molar-refractivity contribution in [3.05, 3.63) is 12.5 Å². The highest BCUT2D eigenvalue weighted by Gasteiger charge is 1.41. The zero-order chi connectivity index (χ0) is 3.41. The van der Waals surface area contributed by atoms with Crippen molar-refractivity contribution >= 4 is 0 Å². The van der Waals surface area contributed by atoms with E-state index in [-0.39, 0.29) is 0 Å². The maximum atomic E-state index is 8.87. The quantitative estimate of drug-likeness (QED) is 0.404. The summed E-state index contributed by atoms with van der Waals surface area (Å²) in [6.45, 7) is 0. The molecule has 0 aliphatic rings. The molecular formula is C2H3O2. The van der Waals surface area contributed by atoms with Gasteiger partial charge in [-0.25, -0.2) is 0 Å². The molecule has 0 spiro atoms. The third-order valence-electron chi connectivity index (χ3n) is 0.0609. The van der Waals surface area contributed by atoms with Crippen LogP contribution in [0.1, 0.15) is 0 Å². The van der Waals surface area contributed by atoms with Gasteiger partial charge in [-0.3, -0.25) is 5.11 Å². The lowest BCUT2D eigenvalue weighted by molar-refractivity contribution is 0.325. The van der Waals surface area contributed by atoms with Gasteiger partial charge in [0, 0.05) is 0 Å². The van der Waals surface area contributed by atoms with Crippen LogP contribution in [0.3, 0.4) is 0 Å². The van der Waals surface area contributed by atoms with Gasteiger partial charge in [-0.15, -0.1) is 0 Å². The molecule has 0 rings (SSSR count). The second-order valence-electron chi connectivity index (χ2n) is 0.285. The highest BCUT2D eigenvalue weighted by molar-refractivity contribution is 4.49. The highest BCUT2D eigenvalue weighted by atomic mass is 16.3. The lowest BCUT2D eigenvalue weighted by atomic mass is 11.1. The summed E-state index contributed by atoms with van der Waals surface area (Å²) in [5.74, 6) is 0. The third-order valence-corrected chi connectivity index (χ3v) is 0.0609. The minimum atomic E-state index is 0.306. The monoisotopic (exact) mass is 59.0 g/mol. The molecule has 0 atom stereocenters. The molecule has 0 unspecified atom stereocenters. The Morgan fingerprint density at radius 2 is 2.00 bits per heavy atom. The van der Waals surface area contributed by atoms with E-state index < -0.39 is 0 Å². The SMILES string of the molecule is [O]/C=C/O. The molecule has 0 heterocycles. The van der Waals surface area contributed by atoms with Gasteiger partial charge in [-0.05, 0) is 0 Å². The second kappa shape index (κ2) is 2.34. The van der Waals surface area contributed by atoms with E-state index >= 15 is 0 Å². The maximum absolute atomic E-state index is 8.87. The number of rotatable bonds is 0. The Kier molecular flexibility index (Phi) is 1.95. The van der Waals surface area contributed by atoms with Crippen LogP contribution in [0.4, 0.5) is 0 Å². The minimum absolute atomic E-state index is 0.306. The topological polar surface area (TPSA) is 40.1 Å². The normalized spacial score (nSPS) is 9.00. The van der Waals surface area contributed by atoms with E-state index in [2.05, 4.69) is 0 Å². The van der Waals surface area contributed by atoms with Crippen LogP contribution in [0.5, 0.6) is 0 Å². The summed E-state index contributed by atoms with van der Waals surface area (Å²) in [7, 11) is 0. The largest absolute Gasteiger partial charge is 0.512 e. The zero-order valence-corrected chi connectivity index (χ0v) is 2.01. The number of aliphatic hydroxyl groups excluding tert-OH is 1. The lowest BCUT2D eigenvalue weighted by Crippen LogP contribution is -1.40. The van der Waals surface area contributed by atoms with Crippen LogP contribution in [0.15, 0.2) is 12.5 Å². The van der Waals surface area contributed by atoms with Crippen LogP contribution < -0.4 is 0 Å². The van der Waals surface area contributed by atoms with Gasteiger partial charge >= 0.3 is 0 Å². The molecule has 0 aromatic carbocycles. The third kappa shape index (κ3) is 1.34. The fourth-order valence-corrected chi connectivity index (χ4v) is 0. The van der Waals surface area contributed by atoms with Crippen molar-refractivity contribution in [3.63, 3.8) is 0 Å². The van der Waals surface area contributed by atoms with Gasteiger partial charge in [0.1, 0.15) is 6.26 Å². The second-order valence-corrected chi connectivity index (χ2v) is 0.285. The standard InChI is InChI=1S/C2H3O2/c3-1-2-4/h1-3H/b2-1+. The van der Waals surface area contributed by atoms with Crippen molar-refractivity contribution in [1.29, 1.82) is 0 Å². The average molecular weight is 59.0 g/mol. The van der Waals surface area contributed by atoms with Crippen LogP contribution >= 0.6 is 0 Å². The Morgan fingerprint density at radius 3 is 2.00 bits per heavy atom. The summed E-state index contributed by atoms with van der Waals surface area (Å²) >= 11 is 0. The first-order valence-electron chi connectivity index (χ1n) is 0.827. The van der Waals surface area contributed by atoms with E-state index in [9.17, 15) is 0 Å². The van der Waals surface area contributed by atoms with Crippen molar-refractivity contribution in [2.45, 2.75) is 0 Å². The Bertz CT molecular complexity index is 19.2. The van der Waals surface area contributed by atoms with Crippen molar-refractivity contribution in [3.8, 4) is 0 Å². The van der Waals surface area contributed by atoms with Crippen molar-refractivity contribution in [1.82, 2.24) is 0 Å². The smallest absolute Gasteiger partial charge is 0.176 e. The van der Waals surface area contributed by atoms with Crippen LogP contribution in [0.2, 0.25) is 0 Å². The van der Waals surface area contributed by atoms with Gasteiger partial charge in [-0.2, -0.15) is 0 Å². The number of hydrogen-bond acceptors (Lipinski definition) is 1. The molecule has 0 saturated heterocycles. The van der Waals surface area contributed by atoms with Crippen LogP contribution in [0.25, 0.3) is 0 Å². The molecule has 23 valence electrons. The van der Waals surface area contributed by atoms with Gasteiger partial charge in [0.15, 0.2) is 6.26 Å². The average Bonchev–Trinajstić information content (AvgIpc) is 1.37. The fraction of sp³-hybridized carbons (Fsp3) is 0. The minimum Gasteiger partial charge on any atom is -0.512 e. The molecule has 1 radical (unpaired) electrons. The summed E-state index contributed by atoms with van der Waals surface area (Å²) in [4.78, 5) is 0. The van der Waals surface area contributed by atoms with Crippen LogP contribution in [-0.4, -0.2) is 5.11 Å². The molecule has 0 amide bonds. The first-order chi connectivity index (χ1) is 1.91. The molecule has 0 aromatic heterocycles. The Hall–Kier alpha value is -0.660. The van der Waals surface area contributed by atoms with Gasteiger partial charge in [0.2, 0.25) is 0 Å². The van der Waals surface area contributed by atoms with E-state index in [0.717, 1.165) is 0 Å². The van der Waals surface area contributed by atoms with Crippen molar-refractivity contribution in [2.75, 3.05) is 0 Å². The number of hydrogen-bond donors (Lipinski definition) is 1. The highest BCUT2D eigenvalue weighted by Crippen LogP contribution is 1.47. The van der Waals surface area contributed by atoms with E-state index in [1.165, 1.54) is 0 Å². The summed E-state index contributed by atoms with van der Waals surface area (Å²) < 4.78 is 0. The summed E-state index contributed by atoms with van der Waals surface area (Å²) in [6, 6.07) is 0. The van der Waals surface area contributed by atoms with Gasteiger partial charge in [-0.1, -0.05) is 0 Å². The molecule has 0 aromatic rings. The van der Waals surface area contributed by atoms with Crippen molar-refractivity contribution < 1.29 is 10.2 Å². The molecule has 0 aliphatic carbocycles. The predicted molar refractivity (Wildman–Crippen MR) is 12.5 cm³/mol. The fourth-order valence-electron chi connectivity index (χ4n) is 0. The Morgan fingerprint density at radius 1 is 1.75 bits per heavy atom. The summed E-state index contributed by atoms with van der Waals surface area (Å²) in [5.41, 5.74) is 0. The molecular weight excluding hydrogens is 56.0 g/mol. The molecule has 0 aliphatic heterocycles. The Labute approximate surface area is 24.0 Å². The van der Waals surface area contributed by atoms with Crippen LogP contribution in [0, 0.1) is 0 Å². The molecule has 4 heavy (non-hydrogen) atoms. The molecule has 2 nitrogen and oxygen atoms in total. The first-order valence-corrected chi connectivity index (χ1v) is 0.827. The van der Waals surface area contributed by atoms with Crippen molar-refractivity contribution in [2.24, 2.45) is 0 Å². The molecule has 0 bridgehead atoms. The van der Waals surface area contributed by atoms with Gasteiger partial charge in [0.05, 0.1) is 0 Å². The maximum Gasteiger partial charge on any atom is 0.176 e. The lowest BCUT2D eigenvalue weighted by Gasteiger charge is -1.49. The van der Waals surface area contributed by atoms with Gasteiger partial charge in [0.25, 0.3) is 0 Å². The summed E-state index contributed by atoms with van der Waals surface area (Å²) in [5, 5.41) is 16.2. The van der Waals surface area contributed by atoms with E-state index in [1.54, 1.807) is 0 Å². The zero-order valence-electron chi connectivity index (χ0n) is 2.01. The summed E-state index contributed by atoms with van der Waals surface area (Å²) in [6.07, 6.45) is 0.750. The Balaban J connectivity index is 2.55. The molecule has 0 fully saturated rings. The predicted octanol–water partition coefficient (Wildman–Crippen LogP) is 0.446. The molecule has 1 N–H and O–H groups in total. The van der Waals surface area contributed by atoms with Gasteiger partial charge < -0.3 is 5.11 Å². The molecule has 2 heteroatoms.